The van der Waals surface area contributed by atoms with E-state index in [9.17, 15) is 9.18 Å². The van der Waals surface area contributed by atoms with Gasteiger partial charge in [0.1, 0.15) is 10.7 Å². The maximum absolute atomic E-state index is 13.0. The summed E-state index contributed by atoms with van der Waals surface area (Å²) in [5, 5.41) is 2.90. The summed E-state index contributed by atoms with van der Waals surface area (Å²) in [4.78, 5) is 17.0. The lowest BCUT2D eigenvalue weighted by atomic mass is 10.1. The fourth-order valence-electron chi connectivity index (χ4n) is 2.11. The highest BCUT2D eigenvalue weighted by molar-refractivity contribution is 7.08. The third-order valence-electron chi connectivity index (χ3n) is 3.35. The molecule has 1 unspecified atom stereocenters. The van der Waals surface area contributed by atoms with Gasteiger partial charge in [-0.05, 0) is 60.9 Å². The zero-order chi connectivity index (χ0) is 16.2. The molecule has 0 aliphatic heterocycles. The first-order chi connectivity index (χ1) is 11.1. The molecule has 1 atom stereocenters. The van der Waals surface area contributed by atoms with E-state index in [0.29, 0.717) is 10.6 Å². The molecule has 0 spiro atoms. The van der Waals surface area contributed by atoms with Crippen molar-refractivity contribution in [2.24, 2.45) is 0 Å². The molecular weight excluding hydrogens is 313 g/mol. The van der Waals surface area contributed by atoms with Crippen LogP contribution in [0.5, 0.6) is 0 Å². The highest BCUT2D eigenvalue weighted by Crippen LogP contribution is 2.22. The Balaban J connectivity index is 1.72. The Morgan fingerprint density at radius 2 is 2.00 bits per heavy atom. The zero-order valence-corrected chi connectivity index (χ0v) is 13.2. The molecule has 0 fully saturated rings. The van der Waals surface area contributed by atoms with Crippen molar-refractivity contribution in [3.8, 4) is 11.3 Å². The summed E-state index contributed by atoms with van der Waals surface area (Å²) in [6.45, 7) is 1.88. The minimum atomic E-state index is -0.300. The first-order valence-electron chi connectivity index (χ1n) is 7.08. The summed E-state index contributed by atoms with van der Waals surface area (Å²) in [5.41, 5.74) is 2.23. The first kappa shape index (κ1) is 15.3. The van der Waals surface area contributed by atoms with Gasteiger partial charge < -0.3 is 5.32 Å². The number of nitrogens with zero attached hydrogens (tertiary/aromatic N) is 2. The van der Waals surface area contributed by atoms with Gasteiger partial charge in [0, 0.05) is 11.8 Å². The van der Waals surface area contributed by atoms with Gasteiger partial charge in [-0.25, -0.2) is 4.39 Å². The van der Waals surface area contributed by atoms with Crippen molar-refractivity contribution in [2.45, 2.75) is 13.0 Å². The van der Waals surface area contributed by atoms with Gasteiger partial charge in [-0.2, -0.15) is 4.37 Å². The molecule has 2 aromatic heterocycles. The highest BCUT2D eigenvalue weighted by atomic mass is 32.1. The lowest BCUT2D eigenvalue weighted by Gasteiger charge is -2.11. The Kier molecular flexibility index (Phi) is 4.43. The smallest absolute Gasteiger partial charge is 0.263 e. The summed E-state index contributed by atoms with van der Waals surface area (Å²) in [7, 11) is 0. The van der Waals surface area contributed by atoms with E-state index in [2.05, 4.69) is 14.7 Å². The van der Waals surface area contributed by atoms with Crippen LogP contribution < -0.4 is 5.32 Å². The van der Waals surface area contributed by atoms with E-state index in [0.717, 1.165) is 22.8 Å². The highest BCUT2D eigenvalue weighted by Gasteiger charge is 2.15. The third kappa shape index (κ3) is 3.60. The summed E-state index contributed by atoms with van der Waals surface area (Å²) >= 11 is 1.12. The molecule has 1 amide bonds. The summed E-state index contributed by atoms with van der Waals surface area (Å²) in [6.07, 6.45) is 1.69. The molecule has 2 heterocycles. The van der Waals surface area contributed by atoms with E-state index in [1.54, 1.807) is 24.4 Å². The molecule has 4 nitrogen and oxygen atoms in total. The molecule has 116 valence electrons. The van der Waals surface area contributed by atoms with Crippen molar-refractivity contribution in [3.63, 3.8) is 0 Å². The topological polar surface area (TPSA) is 54.9 Å². The molecule has 6 heteroatoms. The summed E-state index contributed by atoms with van der Waals surface area (Å²) < 4.78 is 17.2. The molecule has 1 aromatic carbocycles. The van der Waals surface area contributed by atoms with E-state index < -0.39 is 0 Å². The minimum Gasteiger partial charge on any atom is -0.343 e. The molecule has 0 aliphatic carbocycles. The van der Waals surface area contributed by atoms with Crippen LogP contribution in [0.4, 0.5) is 4.39 Å². The Morgan fingerprint density at radius 3 is 2.70 bits per heavy atom. The van der Waals surface area contributed by atoms with Gasteiger partial charge in [-0.15, -0.1) is 0 Å². The van der Waals surface area contributed by atoms with Crippen molar-refractivity contribution >= 4 is 17.4 Å². The number of amides is 1. The number of hydrogen-bond acceptors (Lipinski definition) is 4. The quantitative estimate of drug-likeness (QED) is 0.792. The fourth-order valence-corrected chi connectivity index (χ4v) is 2.77. The number of carbonyl (C=O) groups is 1. The van der Waals surface area contributed by atoms with E-state index in [1.807, 2.05) is 25.1 Å². The third-order valence-corrected chi connectivity index (χ3v) is 4.14. The van der Waals surface area contributed by atoms with Gasteiger partial charge in [-0.1, -0.05) is 6.07 Å². The van der Waals surface area contributed by atoms with Crippen molar-refractivity contribution in [2.75, 3.05) is 0 Å². The van der Waals surface area contributed by atoms with Gasteiger partial charge >= 0.3 is 0 Å². The maximum Gasteiger partial charge on any atom is 0.263 e. The predicted molar refractivity (Wildman–Crippen MR) is 87.6 cm³/mol. The number of carbonyl (C=O) groups excluding carboxylic acids is 1. The molecule has 0 bridgehead atoms. The molecular formula is C17H14FN3OS. The monoisotopic (exact) mass is 327 g/mol. The summed E-state index contributed by atoms with van der Waals surface area (Å²) in [5.74, 6) is -0.500. The molecule has 0 saturated carbocycles. The summed E-state index contributed by atoms with van der Waals surface area (Å²) in [6, 6.07) is 13.1. The maximum atomic E-state index is 13.0. The second-order valence-corrected chi connectivity index (χ2v) is 5.84. The Labute approximate surface area is 137 Å². The zero-order valence-electron chi connectivity index (χ0n) is 12.4. The standard InChI is InChI=1S/C17H14FN3OS/c1-11(14-4-2-3-9-19-14)20-17(22)16-10-15(21-23-16)12-5-7-13(18)8-6-12/h2-11H,1H3,(H,20,22). The van der Waals surface area contributed by atoms with Gasteiger partial charge in [0.25, 0.3) is 5.91 Å². The fraction of sp³-hybridized carbons (Fsp3) is 0.118. The van der Waals surface area contributed by atoms with Crippen LogP contribution in [-0.4, -0.2) is 15.3 Å². The largest absolute Gasteiger partial charge is 0.343 e. The van der Waals surface area contributed by atoms with Crippen LogP contribution in [0.1, 0.15) is 28.3 Å². The number of halogens is 1. The first-order valence-corrected chi connectivity index (χ1v) is 7.85. The molecule has 1 N–H and O–H groups in total. The lowest BCUT2D eigenvalue weighted by Crippen LogP contribution is -2.26. The van der Waals surface area contributed by atoms with Gasteiger partial charge in [0.05, 0.1) is 17.4 Å². The van der Waals surface area contributed by atoms with E-state index in [1.165, 1.54) is 12.1 Å². The molecule has 3 aromatic rings. The van der Waals surface area contributed by atoms with Crippen LogP contribution in [0.25, 0.3) is 11.3 Å². The second-order valence-electron chi connectivity index (χ2n) is 5.03. The van der Waals surface area contributed by atoms with Gasteiger partial charge in [-0.3, -0.25) is 9.78 Å². The lowest BCUT2D eigenvalue weighted by molar-refractivity contribution is 0.0943. The second kappa shape index (κ2) is 6.66. The van der Waals surface area contributed by atoms with Crippen LogP contribution in [0, 0.1) is 5.82 Å². The minimum absolute atomic E-state index is 0.194. The average Bonchev–Trinajstić information content (AvgIpc) is 3.06. The number of aromatic nitrogens is 2. The van der Waals surface area contributed by atoms with Crippen LogP contribution in [0.15, 0.2) is 54.7 Å². The average molecular weight is 327 g/mol. The van der Waals surface area contributed by atoms with E-state index in [-0.39, 0.29) is 17.8 Å². The Morgan fingerprint density at radius 1 is 1.22 bits per heavy atom. The van der Waals surface area contributed by atoms with Crippen LogP contribution in [0.3, 0.4) is 0 Å². The number of benzene rings is 1. The van der Waals surface area contributed by atoms with Gasteiger partial charge in [0.15, 0.2) is 0 Å². The van der Waals surface area contributed by atoms with Crippen LogP contribution >= 0.6 is 11.5 Å². The number of pyridine rings is 1. The van der Waals surface area contributed by atoms with E-state index in [4.69, 9.17) is 0 Å². The molecule has 0 saturated heterocycles. The normalized spacial score (nSPS) is 11.9. The Bertz CT molecular complexity index is 802. The van der Waals surface area contributed by atoms with Gasteiger partial charge in [0.2, 0.25) is 0 Å². The SMILES string of the molecule is CC(NC(=O)c1cc(-c2ccc(F)cc2)ns1)c1ccccn1. The van der Waals surface area contributed by atoms with Crippen molar-refractivity contribution in [1.82, 2.24) is 14.7 Å². The van der Waals surface area contributed by atoms with Crippen molar-refractivity contribution in [3.05, 3.63) is 71.1 Å². The van der Waals surface area contributed by atoms with Crippen LogP contribution in [-0.2, 0) is 0 Å². The number of rotatable bonds is 4. The van der Waals surface area contributed by atoms with Crippen molar-refractivity contribution in [1.29, 1.82) is 0 Å². The van der Waals surface area contributed by atoms with Crippen molar-refractivity contribution < 1.29 is 9.18 Å². The Hall–Kier alpha value is -2.60. The molecule has 0 radical (unpaired) electrons. The number of nitrogens with one attached hydrogen (secondary N) is 1. The molecule has 3 rings (SSSR count). The van der Waals surface area contributed by atoms with E-state index >= 15 is 0 Å². The van der Waals surface area contributed by atoms with Crippen LogP contribution in [0.2, 0.25) is 0 Å². The predicted octanol–water partition coefficient (Wildman–Crippen LogP) is 3.84. The molecule has 23 heavy (non-hydrogen) atoms. The number of hydrogen-bond donors (Lipinski definition) is 1. The molecule has 0 aliphatic rings.